The van der Waals surface area contributed by atoms with Crippen molar-refractivity contribution in [3.05, 3.63) is 29.8 Å². The standard InChI is InChI=1S/C10H15NO2/c1-11(6-7-12)8-9-4-2-3-5-10(9)13/h2-5,12-13H,6-8H2,1H3. The fourth-order valence-electron chi connectivity index (χ4n) is 1.19. The molecule has 0 radical (unpaired) electrons. The Morgan fingerprint density at radius 3 is 2.62 bits per heavy atom. The van der Waals surface area contributed by atoms with E-state index in [2.05, 4.69) is 0 Å². The largest absolute Gasteiger partial charge is 0.508 e. The highest BCUT2D eigenvalue weighted by Crippen LogP contribution is 2.16. The van der Waals surface area contributed by atoms with Crippen LogP contribution in [0.15, 0.2) is 24.3 Å². The van der Waals surface area contributed by atoms with Gasteiger partial charge in [-0.05, 0) is 13.1 Å². The normalized spacial score (nSPS) is 10.7. The average molecular weight is 181 g/mol. The molecule has 0 aliphatic rings. The van der Waals surface area contributed by atoms with Gasteiger partial charge in [0.05, 0.1) is 6.61 Å². The molecule has 0 saturated carbocycles. The second kappa shape index (κ2) is 4.84. The minimum absolute atomic E-state index is 0.143. The van der Waals surface area contributed by atoms with E-state index in [0.717, 1.165) is 5.56 Å². The summed E-state index contributed by atoms with van der Waals surface area (Å²) in [6.45, 7) is 1.42. The third kappa shape index (κ3) is 3.05. The van der Waals surface area contributed by atoms with Crippen LogP contribution in [0.4, 0.5) is 0 Å². The van der Waals surface area contributed by atoms with Crippen LogP contribution in [0, 0.1) is 0 Å². The minimum atomic E-state index is 0.143. The molecule has 0 fully saturated rings. The molecule has 0 aromatic heterocycles. The SMILES string of the molecule is CN(CCO)Cc1ccccc1O. The van der Waals surface area contributed by atoms with Gasteiger partial charge in [-0.2, -0.15) is 0 Å². The van der Waals surface area contributed by atoms with Crippen LogP contribution >= 0.6 is 0 Å². The molecule has 0 amide bonds. The first-order valence-corrected chi connectivity index (χ1v) is 4.30. The fraction of sp³-hybridized carbons (Fsp3) is 0.400. The van der Waals surface area contributed by atoms with Crippen LogP contribution in [0.3, 0.4) is 0 Å². The summed E-state index contributed by atoms with van der Waals surface area (Å²) in [4.78, 5) is 1.95. The number of phenols is 1. The van der Waals surface area contributed by atoms with Gasteiger partial charge in [-0.25, -0.2) is 0 Å². The maximum Gasteiger partial charge on any atom is 0.120 e. The Labute approximate surface area is 78.2 Å². The summed E-state index contributed by atoms with van der Waals surface area (Å²) in [7, 11) is 1.91. The van der Waals surface area contributed by atoms with Gasteiger partial charge in [-0.1, -0.05) is 18.2 Å². The van der Waals surface area contributed by atoms with Crippen molar-refractivity contribution >= 4 is 0 Å². The average Bonchev–Trinajstić information content (AvgIpc) is 2.09. The predicted octanol–water partition coefficient (Wildman–Crippen LogP) is 0.816. The summed E-state index contributed by atoms with van der Waals surface area (Å²) in [5.41, 5.74) is 0.887. The molecule has 0 heterocycles. The van der Waals surface area contributed by atoms with Crippen LogP contribution in [0.25, 0.3) is 0 Å². The summed E-state index contributed by atoms with van der Waals surface area (Å²) < 4.78 is 0. The summed E-state index contributed by atoms with van der Waals surface area (Å²) in [6, 6.07) is 7.23. The number of rotatable bonds is 4. The fourth-order valence-corrected chi connectivity index (χ4v) is 1.19. The molecule has 0 aliphatic carbocycles. The van der Waals surface area contributed by atoms with E-state index in [1.807, 2.05) is 24.1 Å². The molecule has 0 spiro atoms. The molecule has 1 rings (SSSR count). The number of hydrogen-bond donors (Lipinski definition) is 2. The maximum absolute atomic E-state index is 9.44. The molecule has 0 atom stereocenters. The van der Waals surface area contributed by atoms with E-state index >= 15 is 0 Å². The third-order valence-electron chi connectivity index (χ3n) is 1.91. The number of hydrogen-bond acceptors (Lipinski definition) is 3. The quantitative estimate of drug-likeness (QED) is 0.722. The monoisotopic (exact) mass is 181 g/mol. The van der Waals surface area contributed by atoms with E-state index < -0.39 is 0 Å². The molecule has 3 nitrogen and oxygen atoms in total. The van der Waals surface area contributed by atoms with Crippen molar-refractivity contribution in [1.29, 1.82) is 0 Å². The Morgan fingerprint density at radius 1 is 1.31 bits per heavy atom. The zero-order valence-corrected chi connectivity index (χ0v) is 7.77. The molecule has 13 heavy (non-hydrogen) atoms. The van der Waals surface area contributed by atoms with Crippen molar-refractivity contribution in [2.24, 2.45) is 0 Å². The lowest BCUT2D eigenvalue weighted by atomic mass is 10.2. The maximum atomic E-state index is 9.44. The summed E-state index contributed by atoms with van der Waals surface area (Å²) >= 11 is 0. The van der Waals surface area contributed by atoms with Crippen molar-refractivity contribution < 1.29 is 10.2 Å². The molecule has 1 aromatic rings. The van der Waals surface area contributed by atoms with E-state index in [9.17, 15) is 5.11 Å². The first kappa shape index (κ1) is 10.0. The molecule has 3 heteroatoms. The number of aromatic hydroxyl groups is 1. The number of benzene rings is 1. The van der Waals surface area contributed by atoms with Crippen LogP contribution in [-0.4, -0.2) is 35.3 Å². The van der Waals surface area contributed by atoms with Crippen LogP contribution in [0.5, 0.6) is 5.75 Å². The van der Waals surface area contributed by atoms with Crippen LogP contribution in [0.2, 0.25) is 0 Å². The van der Waals surface area contributed by atoms with Crippen LogP contribution < -0.4 is 0 Å². The highest BCUT2D eigenvalue weighted by atomic mass is 16.3. The van der Waals surface area contributed by atoms with Gasteiger partial charge in [0, 0.05) is 18.7 Å². The Hall–Kier alpha value is -1.06. The molecule has 0 unspecified atom stereocenters. The van der Waals surface area contributed by atoms with Crippen LogP contribution in [-0.2, 0) is 6.54 Å². The number of para-hydroxylation sites is 1. The number of likely N-dealkylation sites (N-methyl/N-ethyl adjacent to an activating group) is 1. The molecular formula is C10H15NO2. The molecule has 0 saturated heterocycles. The first-order valence-electron chi connectivity index (χ1n) is 4.30. The van der Waals surface area contributed by atoms with Gasteiger partial charge in [-0.15, -0.1) is 0 Å². The van der Waals surface area contributed by atoms with Crippen molar-refractivity contribution in [2.75, 3.05) is 20.2 Å². The Bertz CT molecular complexity index is 263. The molecule has 1 aromatic carbocycles. The Balaban J connectivity index is 2.58. The van der Waals surface area contributed by atoms with Gasteiger partial charge >= 0.3 is 0 Å². The Kier molecular flexibility index (Phi) is 3.73. The van der Waals surface area contributed by atoms with E-state index in [1.165, 1.54) is 0 Å². The summed E-state index contributed by atoms with van der Waals surface area (Å²) in [6.07, 6.45) is 0. The van der Waals surface area contributed by atoms with Gasteiger partial charge < -0.3 is 10.2 Å². The molecular weight excluding hydrogens is 166 g/mol. The van der Waals surface area contributed by atoms with Gasteiger partial charge in [-0.3, -0.25) is 4.90 Å². The molecule has 0 aliphatic heterocycles. The third-order valence-corrected chi connectivity index (χ3v) is 1.91. The number of aliphatic hydroxyl groups excluding tert-OH is 1. The molecule has 0 bridgehead atoms. The van der Waals surface area contributed by atoms with Crippen molar-refractivity contribution in [3.63, 3.8) is 0 Å². The van der Waals surface area contributed by atoms with Crippen molar-refractivity contribution in [1.82, 2.24) is 4.90 Å². The van der Waals surface area contributed by atoms with Gasteiger partial charge in [0.1, 0.15) is 5.75 Å². The van der Waals surface area contributed by atoms with E-state index in [1.54, 1.807) is 12.1 Å². The van der Waals surface area contributed by atoms with Crippen molar-refractivity contribution in [3.8, 4) is 5.75 Å². The molecule has 2 N–H and O–H groups in total. The number of aliphatic hydroxyl groups is 1. The van der Waals surface area contributed by atoms with Gasteiger partial charge in [0.15, 0.2) is 0 Å². The lowest BCUT2D eigenvalue weighted by Crippen LogP contribution is -2.21. The molecule has 72 valence electrons. The van der Waals surface area contributed by atoms with Crippen LogP contribution in [0.1, 0.15) is 5.56 Å². The number of nitrogens with zero attached hydrogens (tertiary/aromatic N) is 1. The van der Waals surface area contributed by atoms with Gasteiger partial charge in [0.2, 0.25) is 0 Å². The summed E-state index contributed by atoms with van der Waals surface area (Å²) in [5.74, 6) is 0.312. The second-order valence-corrected chi connectivity index (χ2v) is 3.09. The highest BCUT2D eigenvalue weighted by Gasteiger charge is 2.02. The summed E-state index contributed by atoms with van der Waals surface area (Å²) in [5, 5.41) is 18.1. The van der Waals surface area contributed by atoms with E-state index in [4.69, 9.17) is 5.11 Å². The second-order valence-electron chi connectivity index (χ2n) is 3.09. The number of phenolic OH excluding ortho intramolecular Hbond substituents is 1. The highest BCUT2D eigenvalue weighted by molar-refractivity contribution is 5.31. The lowest BCUT2D eigenvalue weighted by molar-refractivity contribution is 0.216. The van der Waals surface area contributed by atoms with Gasteiger partial charge in [0.25, 0.3) is 0 Å². The van der Waals surface area contributed by atoms with Crippen molar-refractivity contribution in [2.45, 2.75) is 6.54 Å². The lowest BCUT2D eigenvalue weighted by Gasteiger charge is -2.15. The smallest absolute Gasteiger partial charge is 0.120 e. The topological polar surface area (TPSA) is 43.7 Å². The van der Waals surface area contributed by atoms with E-state index in [-0.39, 0.29) is 6.61 Å². The van der Waals surface area contributed by atoms with E-state index in [0.29, 0.717) is 18.8 Å². The predicted molar refractivity (Wildman–Crippen MR) is 51.5 cm³/mol. The zero-order valence-electron chi connectivity index (χ0n) is 7.77. The first-order chi connectivity index (χ1) is 6.24. The zero-order chi connectivity index (χ0) is 9.68. The minimum Gasteiger partial charge on any atom is -0.508 e. The Morgan fingerprint density at radius 2 is 2.00 bits per heavy atom.